The third-order valence-corrected chi connectivity index (χ3v) is 4.45. The Morgan fingerprint density at radius 3 is 2.50 bits per heavy atom. The first-order chi connectivity index (χ1) is 8.35. The fourth-order valence-electron chi connectivity index (χ4n) is 1.78. The highest BCUT2D eigenvalue weighted by Crippen LogP contribution is 2.14. The lowest BCUT2D eigenvalue weighted by atomic mass is 10.1. The van der Waals surface area contributed by atoms with Crippen LogP contribution in [0.2, 0.25) is 0 Å². The van der Waals surface area contributed by atoms with Crippen molar-refractivity contribution in [3.63, 3.8) is 0 Å². The smallest absolute Gasteiger partial charge is 0.207 e. The Kier molecular flexibility index (Phi) is 5.63. The molecule has 1 unspecified atom stereocenters. The predicted octanol–water partition coefficient (Wildman–Crippen LogP) is 2.93. The summed E-state index contributed by atoms with van der Waals surface area (Å²) >= 11 is 5.81. The van der Waals surface area contributed by atoms with Gasteiger partial charge in [-0.2, -0.15) is 0 Å². The topological polar surface area (TPSA) is 46.2 Å². The van der Waals surface area contributed by atoms with Crippen LogP contribution < -0.4 is 4.72 Å². The van der Waals surface area contributed by atoms with Gasteiger partial charge in [-0.25, -0.2) is 13.1 Å². The van der Waals surface area contributed by atoms with Crippen LogP contribution in [0.1, 0.15) is 25.8 Å². The zero-order valence-corrected chi connectivity index (χ0v) is 12.6. The van der Waals surface area contributed by atoms with Crippen LogP contribution in [0, 0.1) is 12.8 Å². The maximum atomic E-state index is 12.2. The van der Waals surface area contributed by atoms with Crippen molar-refractivity contribution in [1.82, 2.24) is 4.72 Å². The summed E-state index contributed by atoms with van der Waals surface area (Å²) < 4.78 is 27.0. The van der Waals surface area contributed by atoms with Crippen LogP contribution >= 0.6 is 11.6 Å². The first-order valence-electron chi connectivity index (χ1n) is 6.00. The van der Waals surface area contributed by atoms with Gasteiger partial charge in [0, 0.05) is 11.9 Å². The van der Waals surface area contributed by atoms with Crippen molar-refractivity contribution in [3.8, 4) is 0 Å². The van der Waals surface area contributed by atoms with Crippen LogP contribution in [0.15, 0.2) is 29.2 Å². The van der Waals surface area contributed by atoms with Gasteiger partial charge in [-0.3, -0.25) is 0 Å². The summed E-state index contributed by atoms with van der Waals surface area (Å²) in [7, 11) is -3.47. The maximum Gasteiger partial charge on any atom is 0.240 e. The Morgan fingerprint density at radius 1 is 1.33 bits per heavy atom. The Morgan fingerprint density at radius 2 is 2.00 bits per heavy atom. The lowest BCUT2D eigenvalue weighted by molar-refractivity contribution is 0.485. The Hall–Kier alpha value is -0.580. The second-order valence-corrected chi connectivity index (χ2v) is 6.94. The highest BCUT2D eigenvalue weighted by Gasteiger charge is 2.20. The summed E-state index contributed by atoms with van der Waals surface area (Å²) in [5.41, 5.74) is 0.921. The molecule has 3 nitrogen and oxygen atoms in total. The van der Waals surface area contributed by atoms with Gasteiger partial charge < -0.3 is 0 Å². The molecule has 0 aliphatic heterocycles. The first-order valence-corrected chi connectivity index (χ1v) is 8.02. The molecule has 0 amide bonds. The quantitative estimate of drug-likeness (QED) is 0.819. The number of hydrogen-bond donors (Lipinski definition) is 1. The van der Waals surface area contributed by atoms with Crippen molar-refractivity contribution in [2.75, 3.05) is 5.88 Å². The second-order valence-electron chi connectivity index (χ2n) is 4.92. The molecule has 0 saturated carbocycles. The van der Waals surface area contributed by atoms with Gasteiger partial charge in [0.05, 0.1) is 4.90 Å². The minimum atomic E-state index is -3.47. The number of nitrogens with one attached hydrogen (secondary N) is 1. The van der Waals surface area contributed by atoms with Gasteiger partial charge in [0.25, 0.3) is 0 Å². The third-order valence-electron chi connectivity index (χ3n) is 2.56. The van der Waals surface area contributed by atoms with Crippen LogP contribution in [-0.4, -0.2) is 20.3 Å². The first kappa shape index (κ1) is 15.5. The molecule has 0 aliphatic rings. The summed E-state index contributed by atoms with van der Waals surface area (Å²) in [6, 6.07) is 6.63. The van der Waals surface area contributed by atoms with Crippen LogP contribution in [0.3, 0.4) is 0 Å². The summed E-state index contributed by atoms with van der Waals surface area (Å²) in [5.74, 6) is 0.678. The molecule has 18 heavy (non-hydrogen) atoms. The van der Waals surface area contributed by atoms with Crippen molar-refractivity contribution < 1.29 is 8.42 Å². The molecular weight excluding hydrogens is 270 g/mol. The molecule has 0 aromatic heterocycles. The zero-order valence-electron chi connectivity index (χ0n) is 11.0. The van der Waals surface area contributed by atoms with E-state index < -0.39 is 10.0 Å². The molecule has 1 rings (SSSR count). The van der Waals surface area contributed by atoms with Crippen LogP contribution in [-0.2, 0) is 10.0 Å². The maximum absolute atomic E-state index is 12.2. The average Bonchev–Trinajstić information content (AvgIpc) is 2.27. The summed E-state index contributed by atoms with van der Waals surface area (Å²) in [6.07, 6.45) is 0.731. The lowest BCUT2D eigenvalue weighted by Crippen LogP contribution is -2.37. The molecule has 1 N–H and O–H groups in total. The van der Waals surface area contributed by atoms with E-state index in [0.29, 0.717) is 10.8 Å². The molecule has 0 aliphatic carbocycles. The van der Waals surface area contributed by atoms with E-state index in [2.05, 4.69) is 4.72 Å². The minimum absolute atomic E-state index is 0.225. The van der Waals surface area contributed by atoms with E-state index in [4.69, 9.17) is 11.6 Å². The molecule has 0 heterocycles. The minimum Gasteiger partial charge on any atom is -0.207 e. The molecule has 1 aromatic rings. The van der Waals surface area contributed by atoms with Gasteiger partial charge in [0.15, 0.2) is 0 Å². The number of alkyl halides is 1. The third kappa shape index (κ3) is 4.59. The molecule has 0 radical (unpaired) electrons. The standard InChI is InChI=1S/C13H20ClNO2S/c1-10(2)7-12(9-14)15-18(16,17)13-6-4-5-11(3)8-13/h4-6,8,10,12,15H,7,9H2,1-3H3. The molecule has 0 bridgehead atoms. The molecule has 102 valence electrons. The van der Waals surface area contributed by atoms with Crippen molar-refractivity contribution in [1.29, 1.82) is 0 Å². The molecule has 1 atom stereocenters. The van der Waals surface area contributed by atoms with Gasteiger partial charge in [-0.1, -0.05) is 26.0 Å². The van der Waals surface area contributed by atoms with Crippen LogP contribution in [0.5, 0.6) is 0 Å². The number of rotatable bonds is 6. The second kappa shape index (κ2) is 6.55. The van der Waals surface area contributed by atoms with Crippen molar-refractivity contribution in [2.24, 2.45) is 5.92 Å². The Bertz CT molecular complexity index is 486. The van der Waals surface area contributed by atoms with Gasteiger partial charge >= 0.3 is 0 Å². The van der Waals surface area contributed by atoms with Crippen LogP contribution in [0.25, 0.3) is 0 Å². The number of halogens is 1. The molecule has 0 saturated heterocycles. The number of aryl methyl sites for hydroxylation is 1. The molecule has 0 fully saturated rings. The van der Waals surface area contributed by atoms with Crippen molar-refractivity contribution >= 4 is 21.6 Å². The normalized spacial score (nSPS) is 13.8. The van der Waals surface area contributed by atoms with E-state index >= 15 is 0 Å². The average molecular weight is 290 g/mol. The SMILES string of the molecule is Cc1cccc(S(=O)(=O)NC(CCl)CC(C)C)c1. The molecule has 0 spiro atoms. The molecular formula is C13H20ClNO2S. The van der Waals surface area contributed by atoms with E-state index in [1.807, 2.05) is 26.8 Å². The predicted molar refractivity (Wildman–Crippen MR) is 75.5 cm³/mol. The van der Waals surface area contributed by atoms with Crippen molar-refractivity contribution in [3.05, 3.63) is 29.8 Å². The van der Waals surface area contributed by atoms with E-state index in [0.717, 1.165) is 12.0 Å². The largest absolute Gasteiger partial charge is 0.240 e. The van der Waals surface area contributed by atoms with Gasteiger partial charge in [-0.15, -0.1) is 11.6 Å². The number of benzene rings is 1. The highest BCUT2D eigenvalue weighted by atomic mass is 35.5. The van der Waals surface area contributed by atoms with Crippen LogP contribution in [0.4, 0.5) is 0 Å². The Labute approximate surface area is 115 Å². The fraction of sp³-hybridized carbons (Fsp3) is 0.538. The van der Waals surface area contributed by atoms with Gasteiger partial charge in [-0.05, 0) is 37.0 Å². The number of hydrogen-bond acceptors (Lipinski definition) is 2. The Balaban J connectivity index is 2.87. The molecule has 5 heteroatoms. The monoisotopic (exact) mass is 289 g/mol. The van der Waals surface area contributed by atoms with Gasteiger partial charge in [0.1, 0.15) is 0 Å². The van der Waals surface area contributed by atoms with E-state index in [1.54, 1.807) is 18.2 Å². The summed E-state index contributed by atoms with van der Waals surface area (Å²) in [4.78, 5) is 0.293. The molecule has 1 aromatic carbocycles. The number of sulfonamides is 1. The summed E-state index contributed by atoms with van der Waals surface area (Å²) in [5, 5.41) is 0. The van der Waals surface area contributed by atoms with Gasteiger partial charge in [0.2, 0.25) is 10.0 Å². The zero-order chi connectivity index (χ0) is 13.8. The van der Waals surface area contributed by atoms with E-state index in [-0.39, 0.29) is 11.9 Å². The summed E-state index contributed by atoms with van der Waals surface area (Å²) in [6.45, 7) is 5.95. The lowest BCUT2D eigenvalue weighted by Gasteiger charge is -2.18. The van der Waals surface area contributed by atoms with E-state index in [9.17, 15) is 8.42 Å². The fourth-order valence-corrected chi connectivity index (χ4v) is 3.43. The van der Waals surface area contributed by atoms with E-state index in [1.165, 1.54) is 0 Å². The highest BCUT2D eigenvalue weighted by molar-refractivity contribution is 7.89. The van der Waals surface area contributed by atoms with Crippen molar-refractivity contribution in [2.45, 2.75) is 38.1 Å².